The summed E-state index contributed by atoms with van der Waals surface area (Å²) in [6.45, 7) is 0.775. The highest BCUT2D eigenvalue weighted by Gasteiger charge is 2.26. The van der Waals surface area contributed by atoms with E-state index in [1.54, 1.807) is 30.5 Å². The molecule has 1 saturated carbocycles. The lowest BCUT2D eigenvalue weighted by atomic mass is 9.94. The molecule has 6 rings (SSSR count). The van der Waals surface area contributed by atoms with Gasteiger partial charge in [-0.05, 0) is 79.1 Å². The molecule has 278 valence electrons. The summed E-state index contributed by atoms with van der Waals surface area (Å²) in [6.07, 6.45) is 7.41. The molecule has 0 aliphatic heterocycles. The van der Waals surface area contributed by atoms with Crippen molar-refractivity contribution >= 4 is 45.7 Å². The number of rotatable bonds is 15. The number of aromatic nitrogens is 3. The van der Waals surface area contributed by atoms with Crippen LogP contribution < -0.4 is 25.8 Å². The Bertz CT molecular complexity index is 2080. The van der Waals surface area contributed by atoms with E-state index < -0.39 is 23.9 Å². The van der Waals surface area contributed by atoms with E-state index in [0.29, 0.717) is 35.7 Å². The molecule has 6 N–H and O–H groups in total. The summed E-state index contributed by atoms with van der Waals surface area (Å²) in [4.78, 5) is 58.5. The molecule has 1 aliphatic rings. The number of methoxy groups -OCH3 is 2. The molecule has 2 aromatic heterocycles. The molecule has 1 aliphatic carbocycles. The smallest absolute Gasteiger partial charge is 0.343 e. The van der Waals surface area contributed by atoms with Gasteiger partial charge in [0.1, 0.15) is 23.4 Å². The molecule has 0 spiro atoms. The predicted octanol–water partition coefficient (Wildman–Crippen LogP) is 3.49. The standard InChI is InChI=1S/C39H44N6O8/c1-50-36(47)23-53-29-13-14-31-30(20-29)26(21-42-31)19-33(39(49)51-2)44-38(48)25-10-15-34-32(18-25)43-37(45(34)27-6-4-3-5-7-27)24-8-11-28(12-9-24)52-22-35(46)41-17-16-40/h8-15,18,20-21,27,33,42H,3-7,16-17,19,22-23,40H2,1-2H3,(H,41,46)(H,44,48)/p+1/t33-/m0/s1. The largest absolute Gasteiger partial charge is 0.484 e. The van der Waals surface area contributed by atoms with E-state index in [0.717, 1.165) is 59.1 Å². The minimum Gasteiger partial charge on any atom is -0.484 e. The molecule has 0 radical (unpaired) electrons. The van der Waals surface area contributed by atoms with Gasteiger partial charge >= 0.3 is 11.9 Å². The number of imidazole rings is 1. The zero-order chi connectivity index (χ0) is 37.3. The van der Waals surface area contributed by atoms with Gasteiger partial charge < -0.3 is 44.9 Å². The Morgan fingerprint density at radius 2 is 1.68 bits per heavy atom. The van der Waals surface area contributed by atoms with Crippen LogP contribution in [0.4, 0.5) is 0 Å². The van der Waals surface area contributed by atoms with Crippen LogP contribution in [0.15, 0.2) is 66.9 Å². The number of benzene rings is 3. The average molecular weight is 726 g/mol. The van der Waals surface area contributed by atoms with E-state index in [-0.39, 0.29) is 31.6 Å². The third kappa shape index (κ3) is 8.78. The maximum atomic E-state index is 13.7. The summed E-state index contributed by atoms with van der Waals surface area (Å²) >= 11 is 0. The monoisotopic (exact) mass is 725 g/mol. The normalized spacial score (nSPS) is 13.7. The fourth-order valence-electron chi connectivity index (χ4n) is 6.69. The first-order valence-corrected chi connectivity index (χ1v) is 17.8. The van der Waals surface area contributed by atoms with Gasteiger partial charge in [-0.3, -0.25) is 9.59 Å². The van der Waals surface area contributed by atoms with Crippen LogP contribution in [0.2, 0.25) is 0 Å². The number of H-pyrrole nitrogens is 1. The van der Waals surface area contributed by atoms with Gasteiger partial charge in [-0.25, -0.2) is 14.6 Å². The molecule has 14 nitrogen and oxygen atoms in total. The third-order valence-electron chi connectivity index (χ3n) is 9.41. The van der Waals surface area contributed by atoms with Gasteiger partial charge in [0.25, 0.3) is 11.8 Å². The molecule has 1 atom stereocenters. The maximum absolute atomic E-state index is 13.7. The van der Waals surface area contributed by atoms with E-state index in [2.05, 4.69) is 30.7 Å². The van der Waals surface area contributed by atoms with Gasteiger partial charge in [-0.15, -0.1) is 0 Å². The van der Waals surface area contributed by atoms with Gasteiger partial charge in [0, 0.05) is 40.7 Å². The molecule has 5 aromatic rings. The number of nitrogens with one attached hydrogen (secondary N) is 3. The minimum absolute atomic E-state index is 0.0855. The number of carbonyl (C=O) groups excluding carboxylic acids is 4. The molecule has 53 heavy (non-hydrogen) atoms. The predicted molar refractivity (Wildman–Crippen MR) is 196 cm³/mol. The number of ether oxygens (including phenoxy) is 4. The first-order valence-electron chi connectivity index (χ1n) is 17.8. The van der Waals surface area contributed by atoms with Crippen molar-refractivity contribution in [1.82, 2.24) is 25.2 Å². The van der Waals surface area contributed by atoms with Crippen LogP contribution in [0.3, 0.4) is 0 Å². The summed E-state index contributed by atoms with van der Waals surface area (Å²) in [5.41, 5.74) is 8.08. The number of quaternary nitrogens is 1. The van der Waals surface area contributed by atoms with Crippen molar-refractivity contribution in [2.45, 2.75) is 50.6 Å². The van der Waals surface area contributed by atoms with Gasteiger partial charge in [0.05, 0.1) is 38.3 Å². The number of esters is 2. The first-order chi connectivity index (χ1) is 25.8. The number of nitrogens with zero attached hydrogens (tertiary/aromatic N) is 2. The Balaban J connectivity index is 1.23. The van der Waals surface area contributed by atoms with E-state index in [1.165, 1.54) is 20.6 Å². The van der Waals surface area contributed by atoms with Crippen LogP contribution in [-0.4, -0.2) is 84.9 Å². The molecule has 0 unspecified atom stereocenters. The first kappa shape index (κ1) is 36.9. The minimum atomic E-state index is -0.993. The second-order valence-electron chi connectivity index (χ2n) is 13.0. The van der Waals surface area contributed by atoms with Crippen molar-refractivity contribution in [3.8, 4) is 22.9 Å². The molecule has 14 heteroatoms. The number of carbonyl (C=O) groups is 4. The molecule has 2 amide bonds. The Hall–Kier alpha value is -5.89. The lowest BCUT2D eigenvalue weighted by Crippen LogP contribution is -2.55. The summed E-state index contributed by atoms with van der Waals surface area (Å²) in [7, 11) is 2.57. The topological polar surface area (TPSA) is 191 Å². The van der Waals surface area contributed by atoms with Crippen molar-refractivity contribution in [2.75, 3.05) is 40.5 Å². The molecule has 0 bridgehead atoms. The van der Waals surface area contributed by atoms with Crippen LogP contribution >= 0.6 is 0 Å². The molecular formula is C39H45N6O8+. The third-order valence-corrected chi connectivity index (χ3v) is 9.41. The zero-order valence-electron chi connectivity index (χ0n) is 29.9. The molecule has 1 fully saturated rings. The quantitative estimate of drug-likeness (QED) is 0.117. The van der Waals surface area contributed by atoms with Gasteiger partial charge in [0.2, 0.25) is 0 Å². The van der Waals surface area contributed by atoms with Crippen molar-refractivity contribution in [2.24, 2.45) is 0 Å². The van der Waals surface area contributed by atoms with Crippen LogP contribution in [0.25, 0.3) is 33.3 Å². The van der Waals surface area contributed by atoms with Crippen molar-refractivity contribution in [3.63, 3.8) is 0 Å². The highest BCUT2D eigenvalue weighted by Crippen LogP contribution is 2.36. The number of hydrogen-bond donors (Lipinski definition) is 4. The highest BCUT2D eigenvalue weighted by molar-refractivity contribution is 6.00. The van der Waals surface area contributed by atoms with Gasteiger partial charge in [-0.1, -0.05) is 19.3 Å². The summed E-state index contributed by atoms with van der Waals surface area (Å²) < 4.78 is 23.2. The Morgan fingerprint density at radius 3 is 2.42 bits per heavy atom. The lowest BCUT2D eigenvalue weighted by molar-refractivity contribution is -0.364. The number of amides is 2. The molecular weight excluding hydrogens is 680 g/mol. The van der Waals surface area contributed by atoms with Crippen LogP contribution in [0.1, 0.15) is 54.1 Å². The fraction of sp³-hybridized carbons (Fsp3) is 0.359. The average Bonchev–Trinajstić information content (AvgIpc) is 3.78. The SMILES string of the molecule is COC(=O)COc1ccc2[nH]cc(C[C@H](NC(=O)c3ccc4c(c3)nc(-c3ccc(OCC(=O)NCC[NH3+])cc3)n4C3CCCCC3)C(=O)OC)c2c1. The van der Waals surface area contributed by atoms with E-state index in [9.17, 15) is 19.2 Å². The van der Waals surface area contributed by atoms with E-state index in [1.807, 2.05) is 36.4 Å². The van der Waals surface area contributed by atoms with E-state index >= 15 is 0 Å². The van der Waals surface area contributed by atoms with Crippen LogP contribution in [-0.2, 0) is 30.3 Å². The Kier molecular flexibility index (Phi) is 11.9. The maximum Gasteiger partial charge on any atom is 0.343 e. The highest BCUT2D eigenvalue weighted by atomic mass is 16.6. The zero-order valence-corrected chi connectivity index (χ0v) is 29.9. The van der Waals surface area contributed by atoms with E-state index in [4.69, 9.17) is 19.2 Å². The number of hydrogen-bond acceptors (Lipinski definition) is 9. The molecule has 2 heterocycles. The van der Waals surface area contributed by atoms with Crippen LogP contribution in [0, 0.1) is 0 Å². The fourth-order valence-corrected chi connectivity index (χ4v) is 6.69. The molecule has 3 aromatic carbocycles. The second-order valence-corrected chi connectivity index (χ2v) is 13.0. The number of aromatic amines is 1. The molecule has 0 saturated heterocycles. The van der Waals surface area contributed by atoms with Crippen LogP contribution in [0.5, 0.6) is 11.5 Å². The van der Waals surface area contributed by atoms with Gasteiger partial charge in [-0.2, -0.15) is 0 Å². The lowest BCUT2D eigenvalue weighted by Gasteiger charge is -2.25. The Morgan fingerprint density at radius 1 is 0.925 bits per heavy atom. The summed E-state index contributed by atoms with van der Waals surface area (Å²) in [5.74, 6) is 0.0545. The van der Waals surface area contributed by atoms with Crippen molar-refractivity contribution in [1.29, 1.82) is 0 Å². The number of fused-ring (bicyclic) bond motifs is 2. The second kappa shape index (κ2) is 17.1. The van der Waals surface area contributed by atoms with Gasteiger partial charge in [0.15, 0.2) is 13.2 Å². The van der Waals surface area contributed by atoms with Crippen molar-refractivity contribution < 1.29 is 43.9 Å². The van der Waals surface area contributed by atoms with Crippen molar-refractivity contribution in [3.05, 3.63) is 78.0 Å². The Labute approximate surface area is 306 Å². The summed E-state index contributed by atoms with van der Waals surface area (Å²) in [6, 6.07) is 17.5. The summed E-state index contributed by atoms with van der Waals surface area (Å²) in [5, 5.41) is 6.39.